The van der Waals surface area contributed by atoms with Crippen molar-refractivity contribution in [3.05, 3.63) is 36.4 Å². The zero-order valence-corrected chi connectivity index (χ0v) is 14.0. The van der Waals surface area contributed by atoms with Crippen molar-refractivity contribution in [1.82, 2.24) is 0 Å². The van der Waals surface area contributed by atoms with Gasteiger partial charge >= 0.3 is 7.12 Å². The van der Waals surface area contributed by atoms with Crippen molar-refractivity contribution in [2.75, 3.05) is 6.61 Å². The minimum Gasteiger partial charge on any atom is -0.494 e. The molecule has 1 aliphatic heterocycles. The smallest absolute Gasteiger partial charge is 0.494 e. The van der Waals surface area contributed by atoms with Crippen molar-refractivity contribution in [2.45, 2.75) is 45.8 Å². The van der Waals surface area contributed by atoms with Crippen LogP contribution in [0, 0.1) is 0 Å². The van der Waals surface area contributed by atoms with Crippen LogP contribution in [0.15, 0.2) is 36.4 Å². The molecule has 22 heavy (non-hydrogen) atoms. The number of ether oxygens (including phenoxy) is 1. The summed E-state index contributed by atoms with van der Waals surface area (Å²) in [4.78, 5) is 0. The molecule has 0 atom stereocenters. The summed E-state index contributed by atoms with van der Waals surface area (Å²) in [5.41, 5.74) is 0.402. The lowest BCUT2D eigenvalue weighted by Gasteiger charge is -2.32. The molecule has 1 saturated heterocycles. The first kappa shape index (κ1) is 15.4. The molecular formula is C18H23BO3. The van der Waals surface area contributed by atoms with Gasteiger partial charge in [0.2, 0.25) is 0 Å². The van der Waals surface area contributed by atoms with E-state index in [9.17, 15) is 0 Å². The third-order valence-corrected chi connectivity index (χ3v) is 4.67. The van der Waals surface area contributed by atoms with Crippen molar-refractivity contribution in [2.24, 2.45) is 0 Å². The second-order valence-electron chi connectivity index (χ2n) is 6.79. The van der Waals surface area contributed by atoms with Gasteiger partial charge in [-0.1, -0.05) is 24.3 Å². The highest BCUT2D eigenvalue weighted by Crippen LogP contribution is 2.36. The molecule has 3 rings (SSSR count). The summed E-state index contributed by atoms with van der Waals surface area (Å²) < 4.78 is 17.8. The van der Waals surface area contributed by atoms with Gasteiger partial charge < -0.3 is 14.0 Å². The van der Waals surface area contributed by atoms with E-state index in [0.29, 0.717) is 6.61 Å². The molecule has 116 valence electrons. The van der Waals surface area contributed by atoms with Crippen LogP contribution < -0.4 is 10.2 Å². The first-order chi connectivity index (χ1) is 10.3. The van der Waals surface area contributed by atoms with Crippen LogP contribution in [0.5, 0.6) is 5.75 Å². The maximum Gasteiger partial charge on any atom is 0.494 e. The maximum atomic E-state index is 6.12. The largest absolute Gasteiger partial charge is 0.494 e. The predicted molar refractivity (Wildman–Crippen MR) is 90.8 cm³/mol. The fourth-order valence-corrected chi connectivity index (χ4v) is 2.63. The number of benzene rings is 2. The molecule has 1 fully saturated rings. The van der Waals surface area contributed by atoms with E-state index in [1.165, 1.54) is 5.39 Å². The fraction of sp³-hybridized carbons (Fsp3) is 0.444. The highest BCUT2D eigenvalue weighted by atomic mass is 16.7. The summed E-state index contributed by atoms with van der Waals surface area (Å²) >= 11 is 0. The van der Waals surface area contributed by atoms with E-state index in [0.717, 1.165) is 16.6 Å². The topological polar surface area (TPSA) is 27.7 Å². The van der Waals surface area contributed by atoms with Gasteiger partial charge in [-0.15, -0.1) is 0 Å². The van der Waals surface area contributed by atoms with E-state index in [1.54, 1.807) is 0 Å². The zero-order valence-electron chi connectivity index (χ0n) is 14.0. The third-order valence-electron chi connectivity index (χ3n) is 4.67. The lowest BCUT2D eigenvalue weighted by molar-refractivity contribution is 0.00578. The molecule has 0 unspecified atom stereocenters. The van der Waals surface area contributed by atoms with E-state index in [2.05, 4.69) is 58.0 Å². The van der Waals surface area contributed by atoms with Crippen LogP contribution in [-0.2, 0) is 9.31 Å². The van der Waals surface area contributed by atoms with Gasteiger partial charge in [-0.05, 0) is 63.0 Å². The summed E-state index contributed by atoms with van der Waals surface area (Å²) in [6.45, 7) is 10.9. The Balaban J connectivity index is 1.95. The molecule has 1 heterocycles. The quantitative estimate of drug-likeness (QED) is 0.811. The van der Waals surface area contributed by atoms with Crippen LogP contribution in [0.2, 0.25) is 0 Å². The number of rotatable bonds is 3. The van der Waals surface area contributed by atoms with E-state index < -0.39 is 0 Å². The van der Waals surface area contributed by atoms with Crippen LogP contribution in [0.4, 0.5) is 0 Å². The Morgan fingerprint density at radius 1 is 0.909 bits per heavy atom. The summed E-state index contributed by atoms with van der Waals surface area (Å²) in [5, 5.41) is 2.32. The second kappa shape index (κ2) is 5.29. The first-order valence-corrected chi connectivity index (χ1v) is 7.84. The normalized spacial score (nSPS) is 19.6. The molecule has 2 aromatic carbocycles. The van der Waals surface area contributed by atoms with Crippen molar-refractivity contribution >= 4 is 23.4 Å². The maximum absolute atomic E-state index is 6.12. The average molecular weight is 298 g/mol. The van der Waals surface area contributed by atoms with E-state index in [4.69, 9.17) is 14.0 Å². The van der Waals surface area contributed by atoms with Gasteiger partial charge in [0.05, 0.1) is 17.8 Å². The Labute approximate surface area is 132 Å². The standard InChI is InChI=1S/C18H23BO3/c1-6-20-16-10-8-13-7-9-15(11-14(13)12-16)19-21-17(2,3)18(4,5)22-19/h7-12H,6H2,1-5H3. The average Bonchev–Trinajstić information content (AvgIpc) is 2.67. The van der Waals surface area contributed by atoms with Gasteiger partial charge in [0, 0.05) is 0 Å². The van der Waals surface area contributed by atoms with E-state index >= 15 is 0 Å². The third kappa shape index (κ3) is 2.62. The Bertz CT molecular complexity index is 678. The van der Waals surface area contributed by atoms with Crippen molar-refractivity contribution in [3.63, 3.8) is 0 Å². The SMILES string of the molecule is CCOc1ccc2ccc(B3OC(C)(C)C(C)(C)O3)cc2c1. The van der Waals surface area contributed by atoms with Crippen LogP contribution >= 0.6 is 0 Å². The molecule has 0 N–H and O–H groups in total. The molecule has 4 heteroatoms. The van der Waals surface area contributed by atoms with Gasteiger partial charge in [0.25, 0.3) is 0 Å². The Morgan fingerprint density at radius 2 is 1.55 bits per heavy atom. The molecule has 0 bridgehead atoms. The Kier molecular flexibility index (Phi) is 3.70. The molecule has 0 spiro atoms. The zero-order chi connectivity index (χ0) is 16.0. The Hall–Kier alpha value is -1.52. The molecule has 0 amide bonds. The van der Waals surface area contributed by atoms with Crippen molar-refractivity contribution in [3.8, 4) is 5.75 Å². The number of hydrogen-bond donors (Lipinski definition) is 0. The van der Waals surface area contributed by atoms with Crippen LogP contribution in [0.25, 0.3) is 10.8 Å². The highest BCUT2D eigenvalue weighted by molar-refractivity contribution is 6.62. The predicted octanol–water partition coefficient (Wildman–Crippen LogP) is 3.54. The second-order valence-corrected chi connectivity index (χ2v) is 6.79. The molecule has 1 aliphatic rings. The minimum absolute atomic E-state index is 0.320. The van der Waals surface area contributed by atoms with Gasteiger partial charge in [-0.2, -0.15) is 0 Å². The summed E-state index contributed by atoms with van der Waals surface area (Å²) in [7, 11) is -0.329. The number of fused-ring (bicyclic) bond motifs is 1. The lowest BCUT2D eigenvalue weighted by Crippen LogP contribution is -2.41. The van der Waals surface area contributed by atoms with Crippen molar-refractivity contribution < 1.29 is 14.0 Å². The van der Waals surface area contributed by atoms with E-state index in [1.807, 2.05) is 13.0 Å². The minimum atomic E-state index is -0.329. The fourth-order valence-electron chi connectivity index (χ4n) is 2.63. The lowest BCUT2D eigenvalue weighted by atomic mass is 9.78. The highest BCUT2D eigenvalue weighted by Gasteiger charge is 2.51. The summed E-state index contributed by atoms with van der Waals surface area (Å²) in [5.74, 6) is 0.890. The van der Waals surface area contributed by atoms with Gasteiger partial charge in [0.15, 0.2) is 0 Å². The van der Waals surface area contributed by atoms with Crippen LogP contribution in [0.1, 0.15) is 34.6 Å². The van der Waals surface area contributed by atoms with Crippen LogP contribution in [0.3, 0.4) is 0 Å². The monoisotopic (exact) mass is 298 g/mol. The Morgan fingerprint density at radius 3 is 2.18 bits per heavy atom. The van der Waals surface area contributed by atoms with Crippen molar-refractivity contribution in [1.29, 1.82) is 0 Å². The summed E-state index contributed by atoms with van der Waals surface area (Å²) in [6, 6.07) is 12.4. The molecule has 3 nitrogen and oxygen atoms in total. The molecule has 0 aromatic heterocycles. The van der Waals surface area contributed by atoms with E-state index in [-0.39, 0.29) is 18.3 Å². The molecule has 2 aromatic rings. The van der Waals surface area contributed by atoms with Gasteiger partial charge in [0.1, 0.15) is 5.75 Å². The molecule has 0 saturated carbocycles. The van der Waals surface area contributed by atoms with Crippen LogP contribution in [-0.4, -0.2) is 24.9 Å². The number of hydrogen-bond acceptors (Lipinski definition) is 3. The molecule has 0 aliphatic carbocycles. The summed E-state index contributed by atoms with van der Waals surface area (Å²) in [6.07, 6.45) is 0. The molecular weight excluding hydrogens is 275 g/mol. The van der Waals surface area contributed by atoms with Gasteiger partial charge in [-0.25, -0.2) is 0 Å². The first-order valence-electron chi connectivity index (χ1n) is 7.84. The van der Waals surface area contributed by atoms with Gasteiger partial charge in [-0.3, -0.25) is 0 Å². The molecule has 0 radical (unpaired) electrons.